The third kappa shape index (κ3) is 1.71. The van der Waals surface area contributed by atoms with E-state index in [2.05, 4.69) is 18.6 Å². The molecule has 0 unspecified atom stereocenters. The summed E-state index contributed by atoms with van der Waals surface area (Å²) in [6, 6.07) is 0. The number of carbonyl (C=O) groups is 1. The van der Waals surface area contributed by atoms with Crippen molar-refractivity contribution < 1.29 is 14.6 Å². The number of esters is 1. The lowest BCUT2D eigenvalue weighted by Crippen LogP contribution is -2.38. The molecule has 3 heteroatoms. The van der Waals surface area contributed by atoms with E-state index in [9.17, 15) is 9.90 Å². The summed E-state index contributed by atoms with van der Waals surface area (Å²) in [5.41, 5.74) is 0.134. The molecule has 2 rings (SSSR count). The van der Waals surface area contributed by atoms with Crippen LogP contribution >= 0.6 is 0 Å². The van der Waals surface area contributed by atoms with Crippen LogP contribution in [0.1, 0.15) is 39.5 Å². The minimum Gasteiger partial charge on any atom is -0.466 e. The van der Waals surface area contributed by atoms with E-state index >= 15 is 0 Å². The van der Waals surface area contributed by atoms with E-state index in [1.54, 1.807) is 0 Å². The minimum absolute atomic E-state index is 0.0395. The van der Waals surface area contributed by atoms with Crippen molar-refractivity contribution in [2.24, 2.45) is 16.7 Å². The Bertz CT molecular complexity index is 345. The fourth-order valence-corrected chi connectivity index (χ4v) is 3.96. The van der Waals surface area contributed by atoms with E-state index in [1.165, 1.54) is 19.6 Å². The second-order valence-corrected chi connectivity index (χ2v) is 5.99. The third-order valence-electron chi connectivity index (χ3n) is 5.33. The summed E-state index contributed by atoms with van der Waals surface area (Å²) in [6.07, 6.45) is 7.08. The van der Waals surface area contributed by atoms with Gasteiger partial charge in [0.25, 0.3) is 0 Å². The Morgan fingerprint density at radius 2 is 2.24 bits per heavy atom. The van der Waals surface area contributed by atoms with Crippen molar-refractivity contribution in [1.82, 2.24) is 0 Å². The van der Waals surface area contributed by atoms with Gasteiger partial charge < -0.3 is 9.84 Å². The predicted molar refractivity (Wildman–Crippen MR) is 65.3 cm³/mol. The van der Waals surface area contributed by atoms with Gasteiger partial charge in [-0.2, -0.15) is 0 Å². The molecule has 3 atom stereocenters. The summed E-state index contributed by atoms with van der Waals surface area (Å²) in [4.78, 5) is 11.1. The van der Waals surface area contributed by atoms with Gasteiger partial charge in [0, 0.05) is 11.5 Å². The van der Waals surface area contributed by atoms with Crippen LogP contribution in [0.3, 0.4) is 0 Å². The highest BCUT2D eigenvalue weighted by atomic mass is 16.5. The van der Waals surface area contributed by atoms with Crippen molar-refractivity contribution in [1.29, 1.82) is 0 Å². The van der Waals surface area contributed by atoms with Crippen LogP contribution in [0.15, 0.2) is 12.2 Å². The first-order valence-corrected chi connectivity index (χ1v) is 6.36. The zero-order chi connectivity index (χ0) is 12.7. The van der Waals surface area contributed by atoms with Gasteiger partial charge in [-0.1, -0.05) is 19.9 Å². The average Bonchev–Trinajstić information content (AvgIpc) is 2.62. The van der Waals surface area contributed by atoms with Crippen LogP contribution in [0.25, 0.3) is 0 Å². The number of carbonyl (C=O) groups excluding carboxylic acids is 1. The van der Waals surface area contributed by atoms with Gasteiger partial charge in [0.15, 0.2) is 0 Å². The average molecular weight is 238 g/mol. The lowest BCUT2D eigenvalue weighted by atomic mass is 9.66. The molecular weight excluding hydrogens is 216 g/mol. The maximum absolute atomic E-state index is 11.1. The molecule has 0 spiro atoms. The molecule has 2 bridgehead atoms. The molecule has 0 aliphatic heterocycles. The molecule has 17 heavy (non-hydrogen) atoms. The first-order chi connectivity index (χ1) is 7.94. The van der Waals surface area contributed by atoms with E-state index in [0.29, 0.717) is 5.92 Å². The van der Waals surface area contributed by atoms with Gasteiger partial charge in [-0.25, -0.2) is 4.79 Å². The zero-order valence-corrected chi connectivity index (χ0v) is 10.9. The molecule has 2 fully saturated rings. The second kappa shape index (κ2) is 4.13. The molecule has 2 aliphatic rings. The van der Waals surface area contributed by atoms with Crippen LogP contribution in [0.4, 0.5) is 0 Å². The first kappa shape index (κ1) is 12.6. The van der Waals surface area contributed by atoms with Crippen LogP contribution in [0.2, 0.25) is 0 Å². The number of hydrogen-bond donors (Lipinski definition) is 1. The quantitative estimate of drug-likeness (QED) is 0.606. The van der Waals surface area contributed by atoms with Crippen molar-refractivity contribution in [3.63, 3.8) is 0 Å². The predicted octanol–water partition coefficient (Wildman–Crippen LogP) is 2.29. The van der Waals surface area contributed by atoms with E-state index in [-0.39, 0.29) is 22.9 Å². The Morgan fingerprint density at radius 3 is 2.71 bits per heavy atom. The number of rotatable bonds is 3. The van der Waals surface area contributed by atoms with E-state index in [0.717, 1.165) is 19.3 Å². The highest BCUT2D eigenvalue weighted by Gasteiger charge is 2.62. The molecule has 3 nitrogen and oxygen atoms in total. The van der Waals surface area contributed by atoms with Gasteiger partial charge in [-0.05, 0) is 37.0 Å². The molecule has 0 aromatic carbocycles. The van der Waals surface area contributed by atoms with Crippen LogP contribution in [-0.4, -0.2) is 24.3 Å². The molecular formula is C14H22O3. The highest BCUT2D eigenvalue weighted by molar-refractivity contribution is 5.81. The standard InChI is InChI=1S/C14H22O3/c1-13(2)10-6-8-14(13,11(15)9-10)7-4-5-12(16)17-3/h4-5,10-11,15H,6-9H2,1-3H3/b5-4-/t10-,11-,14+/m1/s1. The number of methoxy groups -OCH3 is 1. The molecule has 0 heterocycles. The van der Waals surface area contributed by atoms with Gasteiger partial charge in [-0.3, -0.25) is 0 Å². The first-order valence-electron chi connectivity index (χ1n) is 6.36. The fourth-order valence-electron chi connectivity index (χ4n) is 3.96. The lowest BCUT2D eigenvalue weighted by Gasteiger charge is -2.40. The molecule has 0 saturated heterocycles. The number of fused-ring (bicyclic) bond motifs is 2. The molecule has 1 N–H and O–H groups in total. The normalized spacial score (nSPS) is 38.8. The number of hydrogen-bond acceptors (Lipinski definition) is 3. The Hall–Kier alpha value is -0.830. The number of aliphatic hydroxyl groups excluding tert-OH is 1. The SMILES string of the molecule is COC(=O)/C=C\C[C@]12CC[C@H](C[C@H]1O)C2(C)C. The summed E-state index contributed by atoms with van der Waals surface area (Å²) in [5.74, 6) is 0.310. The Balaban J connectivity index is 2.12. The van der Waals surface area contributed by atoms with Crippen molar-refractivity contribution >= 4 is 5.97 Å². The second-order valence-electron chi connectivity index (χ2n) is 5.99. The van der Waals surface area contributed by atoms with Gasteiger partial charge in [0.2, 0.25) is 0 Å². The van der Waals surface area contributed by atoms with Crippen molar-refractivity contribution in [3.8, 4) is 0 Å². The fraction of sp³-hybridized carbons (Fsp3) is 0.786. The lowest BCUT2D eigenvalue weighted by molar-refractivity contribution is -0.134. The zero-order valence-electron chi connectivity index (χ0n) is 10.9. The topological polar surface area (TPSA) is 46.5 Å². The smallest absolute Gasteiger partial charge is 0.330 e. The number of allylic oxidation sites excluding steroid dienone is 1. The maximum atomic E-state index is 11.1. The minimum atomic E-state index is -0.318. The summed E-state index contributed by atoms with van der Waals surface area (Å²) in [5, 5.41) is 10.3. The van der Waals surface area contributed by atoms with Crippen LogP contribution in [0, 0.1) is 16.7 Å². The monoisotopic (exact) mass is 238 g/mol. The molecule has 0 radical (unpaired) electrons. The van der Waals surface area contributed by atoms with Gasteiger partial charge in [0.1, 0.15) is 0 Å². The third-order valence-corrected chi connectivity index (χ3v) is 5.33. The molecule has 2 aliphatic carbocycles. The van der Waals surface area contributed by atoms with E-state index in [4.69, 9.17) is 0 Å². The maximum Gasteiger partial charge on any atom is 0.330 e. The van der Waals surface area contributed by atoms with Gasteiger partial charge in [-0.15, -0.1) is 0 Å². The Labute approximate surface area is 103 Å². The summed E-state index contributed by atoms with van der Waals surface area (Å²) >= 11 is 0. The summed E-state index contributed by atoms with van der Waals surface area (Å²) in [7, 11) is 1.38. The molecule has 2 saturated carbocycles. The van der Waals surface area contributed by atoms with Crippen LogP contribution in [0.5, 0.6) is 0 Å². The van der Waals surface area contributed by atoms with Gasteiger partial charge >= 0.3 is 5.97 Å². The van der Waals surface area contributed by atoms with E-state index < -0.39 is 0 Å². The molecule has 0 aromatic heterocycles. The van der Waals surface area contributed by atoms with Crippen molar-refractivity contribution in [2.75, 3.05) is 7.11 Å². The molecule has 0 amide bonds. The Morgan fingerprint density at radius 1 is 1.53 bits per heavy atom. The molecule has 96 valence electrons. The van der Waals surface area contributed by atoms with E-state index in [1.807, 2.05) is 6.08 Å². The van der Waals surface area contributed by atoms with Crippen molar-refractivity contribution in [3.05, 3.63) is 12.2 Å². The summed E-state index contributed by atoms with van der Waals surface area (Å²) in [6.45, 7) is 4.51. The van der Waals surface area contributed by atoms with Crippen LogP contribution < -0.4 is 0 Å². The number of aliphatic hydroxyl groups is 1. The van der Waals surface area contributed by atoms with Crippen LogP contribution in [-0.2, 0) is 9.53 Å². The van der Waals surface area contributed by atoms with Gasteiger partial charge in [0.05, 0.1) is 13.2 Å². The molecule has 0 aromatic rings. The largest absolute Gasteiger partial charge is 0.466 e. The number of ether oxygens (including phenoxy) is 1. The Kier molecular flexibility index (Phi) is 3.06. The highest BCUT2D eigenvalue weighted by Crippen LogP contribution is 2.67. The summed E-state index contributed by atoms with van der Waals surface area (Å²) < 4.78 is 4.58. The van der Waals surface area contributed by atoms with Crippen molar-refractivity contribution in [2.45, 2.75) is 45.6 Å².